The Morgan fingerprint density at radius 1 is 1.18 bits per heavy atom. The van der Waals surface area contributed by atoms with Crippen molar-refractivity contribution in [2.75, 3.05) is 32.7 Å². The lowest BCUT2D eigenvalue weighted by atomic mass is 9.74. The third-order valence-electron chi connectivity index (χ3n) is 4.76. The normalized spacial score (nSPS) is 28.8. The second-order valence-corrected chi connectivity index (χ2v) is 6.45. The lowest BCUT2D eigenvalue weighted by Crippen LogP contribution is -2.58. The average Bonchev–Trinajstić information content (AvgIpc) is 2.46. The number of halogens is 1. The Morgan fingerprint density at radius 2 is 1.77 bits per heavy atom. The van der Waals surface area contributed by atoms with E-state index in [2.05, 4.69) is 5.32 Å². The van der Waals surface area contributed by atoms with Crippen LogP contribution >= 0.6 is 12.4 Å². The molecule has 0 bridgehead atoms. The van der Waals surface area contributed by atoms with Crippen molar-refractivity contribution in [1.29, 1.82) is 0 Å². The fourth-order valence-corrected chi connectivity index (χ4v) is 3.38. The minimum atomic E-state index is -0.383. The van der Waals surface area contributed by atoms with Gasteiger partial charge in [-0.15, -0.1) is 12.4 Å². The van der Waals surface area contributed by atoms with Gasteiger partial charge in [-0.3, -0.25) is 4.79 Å². The SMILES string of the molecule is CCNC(=O)N1CCN(C(=O)C2CCCCC2(C)N)CC1.Cl. The van der Waals surface area contributed by atoms with Gasteiger partial charge in [-0.1, -0.05) is 12.8 Å². The van der Waals surface area contributed by atoms with Gasteiger partial charge in [-0.25, -0.2) is 4.79 Å². The monoisotopic (exact) mass is 332 g/mol. The van der Waals surface area contributed by atoms with E-state index >= 15 is 0 Å². The number of nitrogens with one attached hydrogen (secondary N) is 1. The molecule has 22 heavy (non-hydrogen) atoms. The summed E-state index contributed by atoms with van der Waals surface area (Å²) in [6.45, 7) is 6.97. The lowest BCUT2D eigenvalue weighted by molar-refractivity contribution is -0.140. The average molecular weight is 333 g/mol. The van der Waals surface area contributed by atoms with Crippen molar-refractivity contribution in [2.24, 2.45) is 11.7 Å². The smallest absolute Gasteiger partial charge is 0.317 e. The number of carbonyl (C=O) groups excluding carboxylic acids is 2. The molecule has 2 fully saturated rings. The molecule has 0 aromatic carbocycles. The molecule has 7 heteroatoms. The number of piperazine rings is 1. The molecule has 0 aromatic rings. The third-order valence-corrected chi connectivity index (χ3v) is 4.76. The second kappa shape index (κ2) is 8.02. The van der Waals surface area contributed by atoms with E-state index in [1.54, 1.807) is 4.90 Å². The van der Waals surface area contributed by atoms with Crippen LogP contribution in [0.4, 0.5) is 4.79 Å². The summed E-state index contributed by atoms with van der Waals surface area (Å²) >= 11 is 0. The number of nitrogens with zero attached hydrogens (tertiary/aromatic N) is 2. The molecular weight excluding hydrogens is 304 g/mol. The van der Waals surface area contributed by atoms with E-state index in [1.165, 1.54) is 0 Å². The number of rotatable bonds is 2. The van der Waals surface area contributed by atoms with Crippen LogP contribution in [0.15, 0.2) is 0 Å². The zero-order valence-electron chi connectivity index (χ0n) is 13.6. The Balaban J connectivity index is 0.00000242. The van der Waals surface area contributed by atoms with Gasteiger partial charge in [0, 0.05) is 38.3 Å². The number of nitrogens with two attached hydrogens (primary N) is 1. The summed E-state index contributed by atoms with van der Waals surface area (Å²) in [5.74, 6) is 0.109. The largest absolute Gasteiger partial charge is 0.339 e. The summed E-state index contributed by atoms with van der Waals surface area (Å²) in [5, 5.41) is 2.80. The van der Waals surface area contributed by atoms with Crippen LogP contribution in [0, 0.1) is 5.92 Å². The Hall–Kier alpha value is -1.01. The molecule has 2 unspecified atom stereocenters. The van der Waals surface area contributed by atoms with Crippen molar-refractivity contribution in [1.82, 2.24) is 15.1 Å². The summed E-state index contributed by atoms with van der Waals surface area (Å²) < 4.78 is 0. The molecule has 2 atom stereocenters. The van der Waals surface area contributed by atoms with E-state index in [4.69, 9.17) is 5.73 Å². The Kier molecular flexibility index (Phi) is 6.94. The maximum Gasteiger partial charge on any atom is 0.317 e. The molecule has 1 aliphatic carbocycles. The first-order valence-electron chi connectivity index (χ1n) is 8.06. The Bertz CT molecular complexity index is 395. The highest BCUT2D eigenvalue weighted by molar-refractivity contribution is 5.85. The van der Waals surface area contributed by atoms with Gasteiger partial charge in [0.15, 0.2) is 0 Å². The quantitative estimate of drug-likeness (QED) is 0.797. The summed E-state index contributed by atoms with van der Waals surface area (Å²) in [7, 11) is 0. The molecule has 6 nitrogen and oxygen atoms in total. The van der Waals surface area contributed by atoms with E-state index in [9.17, 15) is 9.59 Å². The molecule has 2 aliphatic rings. The van der Waals surface area contributed by atoms with E-state index < -0.39 is 0 Å². The number of urea groups is 1. The molecule has 128 valence electrons. The molecule has 3 amide bonds. The van der Waals surface area contributed by atoms with Gasteiger partial charge in [0.25, 0.3) is 0 Å². The molecular formula is C15H29ClN4O2. The highest BCUT2D eigenvalue weighted by Crippen LogP contribution is 2.33. The van der Waals surface area contributed by atoms with Crippen LogP contribution in [-0.4, -0.2) is 60.0 Å². The van der Waals surface area contributed by atoms with Gasteiger partial charge in [0.05, 0.1) is 5.92 Å². The molecule has 1 saturated heterocycles. The van der Waals surface area contributed by atoms with E-state index in [-0.39, 0.29) is 35.8 Å². The minimum Gasteiger partial charge on any atom is -0.339 e. The van der Waals surface area contributed by atoms with Crippen molar-refractivity contribution in [3.8, 4) is 0 Å². The number of hydrogen-bond acceptors (Lipinski definition) is 3. The topological polar surface area (TPSA) is 78.7 Å². The van der Waals surface area contributed by atoms with Crippen LogP contribution in [0.25, 0.3) is 0 Å². The first-order chi connectivity index (χ1) is 9.95. The van der Waals surface area contributed by atoms with Crippen LogP contribution in [0.3, 0.4) is 0 Å². The van der Waals surface area contributed by atoms with E-state index in [1.807, 2.05) is 18.7 Å². The van der Waals surface area contributed by atoms with Crippen LogP contribution < -0.4 is 11.1 Å². The molecule has 3 N–H and O–H groups in total. The lowest BCUT2D eigenvalue weighted by Gasteiger charge is -2.42. The molecule has 1 heterocycles. The molecule has 2 rings (SSSR count). The molecule has 0 spiro atoms. The number of hydrogen-bond donors (Lipinski definition) is 2. The van der Waals surface area contributed by atoms with Crippen molar-refractivity contribution in [3.63, 3.8) is 0 Å². The van der Waals surface area contributed by atoms with E-state index in [0.717, 1.165) is 25.7 Å². The predicted molar refractivity (Wildman–Crippen MR) is 89.0 cm³/mol. The van der Waals surface area contributed by atoms with Crippen molar-refractivity contribution >= 4 is 24.3 Å². The van der Waals surface area contributed by atoms with Crippen molar-refractivity contribution < 1.29 is 9.59 Å². The third kappa shape index (κ3) is 4.26. The van der Waals surface area contributed by atoms with Gasteiger partial charge in [0.2, 0.25) is 5.91 Å². The zero-order valence-corrected chi connectivity index (χ0v) is 14.5. The highest BCUT2D eigenvalue weighted by Gasteiger charge is 2.40. The maximum atomic E-state index is 12.7. The summed E-state index contributed by atoms with van der Waals surface area (Å²) in [6.07, 6.45) is 4.01. The van der Waals surface area contributed by atoms with Gasteiger partial charge in [0.1, 0.15) is 0 Å². The molecule has 1 aliphatic heterocycles. The van der Waals surface area contributed by atoms with Crippen LogP contribution in [0.1, 0.15) is 39.5 Å². The van der Waals surface area contributed by atoms with Crippen molar-refractivity contribution in [2.45, 2.75) is 45.1 Å². The minimum absolute atomic E-state index is 0. The molecule has 0 radical (unpaired) electrons. The number of amides is 3. The standard InChI is InChI=1S/C15H28N4O2.ClH/c1-3-17-14(21)19-10-8-18(9-11-19)13(20)12-6-4-5-7-15(12,2)16;/h12H,3-11,16H2,1-2H3,(H,17,21);1H. The van der Waals surface area contributed by atoms with Gasteiger partial charge < -0.3 is 20.9 Å². The predicted octanol–water partition coefficient (Wildman–Crippen LogP) is 1.19. The fraction of sp³-hybridized carbons (Fsp3) is 0.867. The molecule has 1 saturated carbocycles. The second-order valence-electron chi connectivity index (χ2n) is 6.45. The van der Waals surface area contributed by atoms with Crippen LogP contribution in [0.2, 0.25) is 0 Å². The van der Waals surface area contributed by atoms with Crippen molar-refractivity contribution in [3.05, 3.63) is 0 Å². The van der Waals surface area contributed by atoms with Gasteiger partial charge in [-0.05, 0) is 26.7 Å². The Morgan fingerprint density at radius 3 is 2.32 bits per heavy atom. The fourth-order valence-electron chi connectivity index (χ4n) is 3.38. The van der Waals surface area contributed by atoms with Gasteiger partial charge in [-0.2, -0.15) is 0 Å². The molecule has 0 aromatic heterocycles. The Labute approximate surface area is 139 Å². The number of carbonyl (C=O) groups is 2. The van der Waals surface area contributed by atoms with Crippen LogP contribution in [0.5, 0.6) is 0 Å². The summed E-state index contributed by atoms with van der Waals surface area (Å²) in [4.78, 5) is 28.1. The summed E-state index contributed by atoms with van der Waals surface area (Å²) in [5.41, 5.74) is 5.94. The maximum absolute atomic E-state index is 12.7. The summed E-state index contributed by atoms with van der Waals surface area (Å²) in [6, 6.07) is -0.0362. The highest BCUT2D eigenvalue weighted by atomic mass is 35.5. The van der Waals surface area contributed by atoms with Crippen LogP contribution in [-0.2, 0) is 4.79 Å². The van der Waals surface area contributed by atoms with E-state index in [0.29, 0.717) is 32.7 Å². The zero-order chi connectivity index (χ0) is 15.5. The van der Waals surface area contributed by atoms with Gasteiger partial charge >= 0.3 is 6.03 Å². The first kappa shape index (κ1) is 19.0. The first-order valence-corrected chi connectivity index (χ1v) is 8.06.